The first-order valence-corrected chi connectivity index (χ1v) is 6.70. The van der Waals surface area contributed by atoms with Gasteiger partial charge in [-0.1, -0.05) is 6.92 Å². The van der Waals surface area contributed by atoms with Gasteiger partial charge in [0.2, 0.25) is 0 Å². The Balaban J connectivity index is 2.13. The van der Waals surface area contributed by atoms with Crippen LogP contribution in [0.2, 0.25) is 0 Å². The molecule has 0 fully saturated rings. The molecule has 0 aromatic carbocycles. The van der Waals surface area contributed by atoms with Crippen molar-refractivity contribution in [2.24, 2.45) is 0 Å². The molecule has 18 heavy (non-hydrogen) atoms. The van der Waals surface area contributed by atoms with E-state index < -0.39 is 5.60 Å². The Hall–Kier alpha value is -1.32. The largest absolute Gasteiger partial charge is 0.459 e. The maximum Gasteiger partial charge on any atom is 0.328 e. The molecule has 0 saturated carbocycles. The molecular formula is C14H22N2O2. The lowest BCUT2D eigenvalue weighted by atomic mass is 10.2. The van der Waals surface area contributed by atoms with Gasteiger partial charge in [0.1, 0.15) is 12.1 Å². The Morgan fingerprint density at radius 2 is 2.11 bits per heavy atom. The van der Waals surface area contributed by atoms with Gasteiger partial charge in [0, 0.05) is 5.69 Å². The first-order valence-electron chi connectivity index (χ1n) is 6.70. The van der Waals surface area contributed by atoms with Gasteiger partial charge >= 0.3 is 5.97 Å². The Kier molecular flexibility index (Phi) is 3.46. The summed E-state index contributed by atoms with van der Waals surface area (Å²) in [4.78, 5) is 11.8. The lowest BCUT2D eigenvalue weighted by Crippen LogP contribution is -2.27. The molecule has 1 heterocycles. The number of fused-ring (bicyclic) bond motifs is 1. The van der Waals surface area contributed by atoms with Crippen LogP contribution >= 0.6 is 0 Å². The van der Waals surface area contributed by atoms with E-state index in [4.69, 9.17) is 4.74 Å². The minimum atomic E-state index is -0.430. The molecule has 4 heteroatoms. The molecule has 1 aromatic rings. The number of rotatable bonds is 3. The molecule has 100 valence electrons. The van der Waals surface area contributed by atoms with E-state index in [0.717, 1.165) is 25.0 Å². The maximum absolute atomic E-state index is 11.8. The van der Waals surface area contributed by atoms with E-state index in [2.05, 4.69) is 12.0 Å². The number of esters is 1. The van der Waals surface area contributed by atoms with Crippen molar-refractivity contribution in [3.63, 3.8) is 0 Å². The number of ether oxygens (including phenoxy) is 1. The first kappa shape index (κ1) is 13.1. The molecule has 4 nitrogen and oxygen atoms in total. The molecule has 1 aliphatic rings. The number of nitrogens with zero attached hydrogens (tertiary/aromatic N) is 2. The topological polar surface area (TPSA) is 44.1 Å². The second-order valence-corrected chi connectivity index (χ2v) is 5.82. The molecule has 0 atom stereocenters. The highest BCUT2D eigenvalue weighted by Crippen LogP contribution is 2.25. The van der Waals surface area contributed by atoms with E-state index in [1.807, 2.05) is 25.5 Å². The molecule has 0 saturated heterocycles. The van der Waals surface area contributed by atoms with Crippen molar-refractivity contribution >= 4 is 5.97 Å². The van der Waals surface area contributed by atoms with Crippen LogP contribution in [0.1, 0.15) is 51.1 Å². The fraction of sp³-hybridized carbons (Fsp3) is 0.714. The summed E-state index contributed by atoms with van der Waals surface area (Å²) in [6.07, 6.45) is 4.25. The van der Waals surface area contributed by atoms with Crippen LogP contribution in [0.4, 0.5) is 0 Å². The SMILES string of the molecule is CCc1nn(CC(=O)OC(C)(C)C)c2c1CCC2. The highest BCUT2D eigenvalue weighted by atomic mass is 16.6. The van der Waals surface area contributed by atoms with Crippen LogP contribution in [0.25, 0.3) is 0 Å². The van der Waals surface area contributed by atoms with Crippen LogP contribution in [0, 0.1) is 0 Å². The summed E-state index contributed by atoms with van der Waals surface area (Å²) in [5.41, 5.74) is 3.31. The van der Waals surface area contributed by atoms with Crippen molar-refractivity contribution in [3.8, 4) is 0 Å². The molecular weight excluding hydrogens is 228 g/mol. The number of aryl methyl sites for hydroxylation is 1. The smallest absolute Gasteiger partial charge is 0.328 e. The van der Waals surface area contributed by atoms with Crippen molar-refractivity contribution in [3.05, 3.63) is 17.0 Å². The van der Waals surface area contributed by atoms with Gasteiger partial charge < -0.3 is 4.74 Å². The molecule has 1 aliphatic carbocycles. The van der Waals surface area contributed by atoms with Crippen LogP contribution in [0.5, 0.6) is 0 Å². The normalized spacial score (nSPS) is 14.7. The summed E-state index contributed by atoms with van der Waals surface area (Å²) in [6.45, 7) is 8.00. The number of carbonyl (C=O) groups is 1. The third kappa shape index (κ3) is 2.74. The fourth-order valence-corrected chi connectivity index (χ4v) is 2.50. The summed E-state index contributed by atoms with van der Waals surface area (Å²) >= 11 is 0. The summed E-state index contributed by atoms with van der Waals surface area (Å²) in [5.74, 6) is -0.206. The predicted octanol–water partition coefficient (Wildman–Crippen LogP) is 2.28. The number of aromatic nitrogens is 2. The zero-order valence-corrected chi connectivity index (χ0v) is 11.7. The Labute approximate surface area is 108 Å². The number of hydrogen-bond acceptors (Lipinski definition) is 3. The lowest BCUT2D eigenvalue weighted by molar-refractivity contribution is -0.155. The average Bonchev–Trinajstić information content (AvgIpc) is 2.78. The van der Waals surface area contributed by atoms with Crippen molar-refractivity contribution in [1.29, 1.82) is 0 Å². The quantitative estimate of drug-likeness (QED) is 0.773. The van der Waals surface area contributed by atoms with Crippen LogP contribution < -0.4 is 0 Å². The summed E-state index contributed by atoms with van der Waals surface area (Å²) < 4.78 is 7.19. The molecule has 2 rings (SSSR count). The first-order chi connectivity index (χ1) is 8.40. The highest BCUT2D eigenvalue weighted by Gasteiger charge is 2.24. The second-order valence-electron chi connectivity index (χ2n) is 5.82. The summed E-state index contributed by atoms with van der Waals surface area (Å²) in [7, 11) is 0. The van der Waals surface area contributed by atoms with Crippen molar-refractivity contribution in [2.45, 2.75) is 65.5 Å². The van der Waals surface area contributed by atoms with Gasteiger partial charge in [-0.25, -0.2) is 0 Å². The van der Waals surface area contributed by atoms with E-state index in [9.17, 15) is 4.79 Å². The average molecular weight is 250 g/mol. The van der Waals surface area contributed by atoms with Gasteiger partial charge in [0.05, 0.1) is 5.69 Å². The Bertz CT molecular complexity index is 455. The molecule has 0 bridgehead atoms. The standard InChI is InChI=1S/C14H22N2O2/c1-5-11-10-7-6-8-12(10)16(15-11)9-13(17)18-14(2,3)4/h5-9H2,1-4H3. The molecule has 0 amide bonds. The third-order valence-corrected chi connectivity index (χ3v) is 3.12. The third-order valence-electron chi connectivity index (χ3n) is 3.12. The monoisotopic (exact) mass is 250 g/mol. The van der Waals surface area contributed by atoms with Crippen molar-refractivity contribution in [1.82, 2.24) is 9.78 Å². The van der Waals surface area contributed by atoms with E-state index in [1.165, 1.54) is 17.7 Å². The van der Waals surface area contributed by atoms with E-state index in [-0.39, 0.29) is 12.5 Å². The zero-order chi connectivity index (χ0) is 13.3. The van der Waals surface area contributed by atoms with E-state index in [0.29, 0.717) is 0 Å². The molecule has 0 radical (unpaired) electrons. The van der Waals surface area contributed by atoms with Gasteiger partial charge in [-0.2, -0.15) is 5.10 Å². The van der Waals surface area contributed by atoms with Gasteiger partial charge in [0.15, 0.2) is 0 Å². The number of carbonyl (C=O) groups excluding carboxylic acids is 1. The summed E-state index contributed by atoms with van der Waals surface area (Å²) in [5, 5.41) is 4.54. The highest BCUT2D eigenvalue weighted by molar-refractivity contribution is 5.69. The molecule has 0 N–H and O–H groups in total. The number of hydrogen-bond donors (Lipinski definition) is 0. The molecule has 0 aliphatic heterocycles. The summed E-state index contributed by atoms with van der Waals surface area (Å²) in [6, 6.07) is 0. The van der Waals surface area contributed by atoms with Crippen LogP contribution in [-0.2, 0) is 35.3 Å². The Morgan fingerprint density at radius 3 is 2.72 bits per heavy atom. The van der Waals surface area contributed by atoms with E-state index >= 15 is 0 Å². The molecule has 0 spiro atoms. The fourth-order valence-electron chi connectivity index (χ4n) is 2.50. The minimum absolute atomic E-state index is 0.206. The zero-order valence-electron chi connectivity index (χ0n) is 11.7. The van der Waals surface area contributed by atoms with Crippen molar-refractivity contribution in [2.75, 3.05) is 0 Å². The Morgan fingerprint density at radius 1 is 1.39 bits per heavy atom. The van der Waals surface area contributed by atoms with Crippen LogP contribution in [0.15, 0.2) is 0 Å². The van der Waals surface area contributed by atoms with Crippen LogP contribution in [-0.4, -0.2) is 21.4 Å². The van der Waals surface area contributed by atoms with Gasteiger partial charge in [-0.05, 0) is 52.0 Å². The lowest BCUT2D eigenvalue weighted by Gasteiger charge is -2.19. The van der Waals surface area contributed by atoms with Crippen LogP contribution in [0.3, 0.4) is 0 Å². The second kappa shape index (κ2) is 4.75. The molecule has 1 aromatic heterocycles. The predicted molar refractivity (Wildman–Crippen MR) is 69.5 cm³/mol. The minimum Gasteiger partial charge on any atom is -0.459 e. The van der Waals surface area contributed by atoms with Gasteiger partial charge in [-0.3, -0.25) is 9.48 Å². The maximum atomic E-state index is 11.8. The van der Waals surface area contributed by atoms with Gasteiger partial charge in [0.25, 0.3) is 0 Å². The molecule has 0 unspecified atom stereocenters. The van der Waals surface area contributed by atoms with E-state index in [1.54, 1.807) is 0 Å². The van der Waals surface area contributed by atoms with Gasteiger partial charge in [-0.15, -0.1) is 0 Å². The van der Waals surface area contributed by atoms with Crippen molar-refractivity contribution < 1.29 is 9.53 Å².